The van der Waals surface area contributed by atoms with E-state index in [4.69, 9.17) is 11.6 Å². The number of carbonyl (C=O) groups is 2. The lowest BCUT2D eigenvalue weighted by Crippen LogP contribution is -2.51. The summed E-state index contributed by atoms with van der Waals surface area (Å²) in [6, 6.07) is 13.7. The highest BCUT2D eigenvalue weighted by atomic mass is 35.5. The third-order valence-electron chi connectivity index (χ3n) is 6.83. The second-order valence-electron chi connectivity index (χ2n) is 9.40. The molecule has 200 valence electrons. The molecule has 2 saturated heterocycles. The van der Waals surface area contributed by atoms with Crippen LogP contribution in [0.5, 0.6) is 0 Å². The molecule has 2 aromatic carbocycles. The topological polar surface area (TPSA) is 111 Å². The number of fused-ring (bicyclic) bond motifs is 1. The van der Waals surface area contributed by atoms with Crippen molar-refractivity contribution in [3.8, 4) is 0 Å². The number of rotatable bonds is 7. The number of piperazine rings is 1. The number of likely N-dealkylation sites (tertiary alicyclic amines) is 1. The minimum atomic E-state index is -3.79. The summed E-state index contributed by atoms with van der Waals surface area (Å²) in [6.07, 6.45) is 4.05. The zero-order valence-electron chi connectivity index (χ0n) is 20.5. The van der Waals surface area contributed by atoms with E-state index < -0.39 is 22.0 Å². The molecular formula is C26H27ClN4O5S2. The zero-order chi connectivity index (χ0) is 26.9. The Morgan fingerprint density at radius 1 is 1.11 bits per heavy atom. The highest BCUT2D eigenvalue weighted by Gasteiger charge is 2.34. The van der Waals surface area contributed by atoms with Crippen LogP contribution in [0.1, 0.15) is 24.8 Å². The van der Waals surface area contributed by atoms with Gasteiger partial charge in [-0.05, 0) is 60.5 Å². The number of aliphatic carboxylic acids is 1. The lowest BCUT2D eigenvalue weighted by atomic mass is 10.0. The SMILES string of the molecule is O=C(O)C1CCCCN1C=Nc1ccc(CN2CCN(S(=O)(=O)c3cc4ccc(Cl)cc4s3)CC2=O)cc1. The molecule has 0 spiro atoms. The molecule has 3 heterocycles. The summed E-state index contributed by atoms with van der Waals surface area (Å²) in [6.45, 7) is 1.33. The minimum absolute atomic E-state index is 0.200. The van der Waals surface area contributed by atoms with E-state index in [0.717, 1.165) is 39.8 Å². The maximum absolute atomic E-state index is 13.2. The first-order chi connectivity index (χ1) is 18.2. The molecule has 0 bridgehead atoms. The van der Waals surface area contributed by atoms with Crippen molar-refractivity contribution >= 4 is 66.9 Å². The molecule has 0 radical (unpaired) electrons. The van der Waals surface area contributed by atoms with E-state index in [1.807, 2.05) is 24.3 Å². The Balaban J connectivity index is 1.19. The van der Waals surface area contributed by atoms with Gasteiger partial charge in [0.2, 0.25) is 5.91 Å². The molecule has 0 aliphatic carbocycles. The summed E-state index contributed by atoms with van der Waals surface area (Å²) in [5.41, 5.74) is 1.59. The Labute approximate surface area is 230 Å². The summed E-state index contributed by atoms with van der Waals surface area (Å²) in [7, 11) is -3.79. The number of hydrogen-bond donors (Lipinski definition) is 1. The first kappa shape index (κ1) is 26.6. The fourth-order valence-corrected chi connectivity index (χ4v) is 7.91. The number of piperidine rings is 1. The van der Waals surface area contributed by atoms with Gasteiger partial charge in [0.1, 0.15) is 10.3 Å². The quantitative estimate of drug-likeness (QED) is 0.335. The smallest absolute Gasteiger partial charge is 0.326 e. The van der Waals surface area contributed by atoms with Crippen LogP contribution in [0.25, 0.3) is 10.1 Å². The van der Waals surface area contributed by atoms with Gasteiger partial charge >= 0.3 is 5.97 Å². The van der Waals surface area contributed by atoms with Crippen LogP contribution in [0.2, 0.25) is 5.02 Å². The third-order valence-corrected chi connectivity index (χ3v) is 10.5. The fraction of sp³-hybridized carbons (Fsp3) is 0.346. The second kappa shape index (κ2) is 11.0. The molecule has 2 aliphatic heterocycles. The van der Waals surface area contributed by atoms with E-state index in [-0.39, 0.29) is 23.2 Å². The summed E-state index contributed by atoms with van der Waals surface area (Å²) in [5.74, 6) is -1.09. The molecular weight excluding hydrogens is 548 g/mol. The van der Waals surface area contributed by atoms with Crippen LogP contribution in [0, 0.1) is 0 Å². The van der Waals surface area contributed by atoms with Gasteiger partial charge in [-0.25, -0.2) is 18.2 Å². The molecule has 9 nitrogen and oxygen atoms in total. The standard InChI is InChI=1S/C26H27ClN4O5S2/c27-20-7-6-19-13-25(37-23(19)14-20)38(35,36)31-12-11-29(24(32)16-31)15-18-4-8-21(9-5-18)28-17-30-10-2-1-3-22(30)26(33)34/h4-9,13-14,17,22H,1-3,10-12,15-16H2,(H,33,34). The van der Waals surface area contributed by atoms with Gasteiger partial charge in [0.15, 0.2) is 0 Å². The van der Waals surface area contributed by atoms with Crippen molar-refractivity contribution in [3.05, 3.63) is 59.1 Å². The van der Waals surface area contributed by atoms with Gasteiger partial charge in [0, 0.05) is 35.9 Å². The molecule has 1 amide bonds. The maximum Gasteiger partial charge on any atom is 0.326 e. The van der Waals surface area contributed by atoms with Crippen molar-refractivity contribution in [2.45, 2.75) is 36.1 Å². The number of carboxylic acids is 1. The Morgan fingerprint density at radius 3 is 2.63 bits per heavy atom. The third kappa shape index (κ3) is 5.70. The molecule has 3 aromatic rings. The molecule has 2 aliphatic rings. The molecule has 5 rings (SSSR count). The number of thiophene rings is 1. The summed E-state index contributed by atoms with van der Waals surface area (Å²) >= 11 is 7.18. The predicted molar refractivity (Wildman–Crippen MR) is 148 cm³/mol. The average molecular weight is 575 g/mol. The van der Waals surface area contributed by atoms with Gasteiger partial charge < -0.3 is 14.9 Å². The number of hydrogen-bond acceptors (Lipinski definition) is 6. The first-order valence-corrected chi connectivity index (χ1v) is 14.9. The predicted octanol–water partition coefficient (Wildman–Crippen LogP) is 4.19. The monoisotopic (exact) mass is 574 g/mol. The van der Waals surface area contributed by atoms with Gasteiger partial charge in [-0.2, -0.15) is 4.31 Å². The second-order valence-corrected chi connectivity index (χ2v) is 13.1. The van der Waals surface area contributed by atoms with Crippen LogP contribution in [0.3, 0.4) is 0 Å². The van der Waals surface area contributed by atoms with Crippen molar-refractivity contribution < 1.29 is 23.1 Å². The number of nitrogens with zero attached hydrogens (tertiary/aromatic N) is 4. The van der Waals surface area contributed by atoms with E-state index in [9.17, 15) is 23.1 Å². The number of benzene rings is 2. The van der Waals surface area contributed by atoms with Crippen molar-refractivity contribution in [2.24, 2.45) is 4.99 Å². The van der Waals surface area contributed by atoms with E-state index in [1.54, 1.807) is 40.4 Å². The Kier molecular flexibility index (Phi) is 7.71. The van der Waals surface area contributed by atoms with Gasteiger partial charge in [0.05, 0.1) is 18.6 Å². The van der Waals surface area contributed by atoms with Crippen LogP contribution in [-0.2, 0) is 26.2 Å². The summed E-state index contributed by atoms with van der Waals surface area (Å²) < 4.78 is 28.6. The Hall–Kier alpha value is -2.99. The molecule has 12 heteroatoms. The number of carbonyl (C=O) groups excluding carboxylic acids is 1. The molecule has 1 unspecified atom stereocenters. The summed E-state index contributed by atoms with van der Waals surface area (Å²) in [4.78, 5) is 32.2. The normalized spacial score (nSPS) is 19.5. The first-order valence-electron chi connectivity index (χ1n) is 12.3. The maximum atomic E-state index is 13.2. The Morgan fingerprint density at radius 2 is 1.89 bits per heavy atom. The van der Waals surface area contributed by atoms with E-state index in [2.05, 4.69) is 4.99 Å². The summed E-state index contributed by atoms with van der Waals surface area (Å²) in [5, 5.41) is 10.7. The lowest BCUT2D eigenvalue weighted by molar-refractivity contribution is -0.142. The van der Waals surface area contributed by atoms with Crippen molar-refractivity contribution in [1.82, 2.24) is 14.1 Å². The van der Waals surface area contributed by atoms with E-state index in [0.29, 0.717) is 36.8 Å². The number of carboxylic acid groups (broad SMARTS) is 1. The highest BCUT2D eigenvalue weighted by Crippen LogP contribution is 2.33. The van der Waals surface area contributed by atoms with Crippen LogP contribution >= 0.6 is 22.9 Å². The largest absolute Gasteiger partial charge is 0.480 e. The molecule has 2 fully saturated rings. The van der Waals surface area contributed by atoms with Crippen LogP contribution < -0.4 is 0 Å². The van der Waals surface area contributed by atoms with Gasteiger partial charge in [-0.3, -0.25) is 4.79 Å². The zero-order valence-corrected chi connectivity index (χ0v) is 22.9. The average Bonchev–Trinajstić information content (AvgIpc) is 3.33. The van der Waals surface area contributed by atoms with Crippen LogP contribution in [0.15, 0.2) is 57.7 Å². The lowest BCUT2D eigenvalue weighted by Gasteiger charge is -2.33. The fourth-order valence-electron chi connectivity index (χ4n) is 4.70. The highest BCUT2D eigenvalue weighted by molar-refractivity contribution is 7.91. The minimum Gasteiger partial charge on any atom is -0.480 e. The molecule has 1 aromatic heterocycles. The van der Waals surface area contributed by atoms with E-state index in [1.165, 1.54) is 4.31 Å². The molecule has 1 atom stereocenters. The number of halogens is 1. The van der Waals surface area contributed by atoms with Gasteiger partial charge in [0.25, 0.3) is 10.0 Å². The number of amides is 1. The molecule has 1 N–H and O–H groups in total. The van der Waals surface area contributed by atoms with Crippen molar-refractivity contribution in [1.29, 1.82) is 0 Å². The van der Waals surface area contributed by atoms with E-state index >= 15 is 0 Å². The molecule has 38 heavy (non-hydrogen) atoms. The van der Waals surface area contributed by atoms with Crippen LogP contribution in [0.4, 0.5) is 5.69 Å². The Bertz CT molecular complexity index is 1490. The number of sulfonamides is 1. The molecule has 0 saturated carbocycles. The van der Waals surface area contributed by atoms with Gasteiger partial charge in [-0.1, -0.05) is 29.8 Å². The van der Waals surface area contributed by atoms with Crippen molar-refractivity contribution in [2.75, 3.05) is 26.2 Å². The van der Waals surface area contributed by atoms with Crippen molar-refractivity contribution in [3.63, 3.8) is 0 Å². The van der Waals surface area contributed by atoms with Gasteiger partial charge in [-0.15, -0.1) is 11.3 Å². The number of aliphatic imine (C=N–C) groups is 1. The van der Waals surface area contributed by atoms with Crippen LogP contribution in [-0.4, -0.2) is 78.1 Å².